The average molecular weight is 155 g/mol. The first-order chi connectivity index (χ1) is 5.20. The Morgan fingerprint density at radius 2 is 2.00 bits per heavy atom. The van der Waals surface area contributed by atoms with Gasteiger partial charge >= 0.3 is 0 Å². The Kier molecular flexibility index (Phi) is 6.24. The predicted molar refractivity (Wildman–Crippen MR) is 51.8 cm³/mol. The van der Waals surface area contributed by atoms with E-state index in [0.29, 0.717) is 5.92 Å². The number of allylic oxidation sites excluding steroid dienone is 1. The molecule has 0 fully saturated rings. The van der Waals surface area contributed by atoms with E-state index in [9.17, 15) is 0 Å². The number of likely N-dealkylation sites (N-methyl/N-ethyl adjacent to an activating group) is 1. The molecule has 0 aliphatic carbocycles. The zero-order chi connectivity index (χ0) is 8.69. The normalized spacial score (nSPS) is 12.6. The van der Waals surface area contributed by atoms with Crippen LogP contribution in [0.4, 0.5) is 0 Å². The average Bonchev–Trinajstić information content (AvgIpc) is 1.97. The van der Waals surface area contributed by atoms with Crippen molar-refractivity contribution in [1.82, 2.24) is 5.32 Å². The van der Waals surface area contributed by atoms with Gasteiger partial charge in [0, 0.05) is 6.54 Å². The van der Waals surface area contributed by atoms with Crippen LogP contribution in [-0.4, -0.2) is 13.1 Å². The molecule has 0 rings (SSSR count). The smallest absolute Gasteiger partial charge is 0.0164 e. The third kappa shape index (κ3) is 6.11. The molecule has 0 atom stereocenters. The van der Waals surface area contributed by atoms with Crippen molar-refractivity contribution in [3.05, 3.63) is 11.6 Å². The third-order valence-electron chi connectivity index (χ3n) is 1.63. The molecule has 11 heavy (non-hydrogen) atoms. The van der Waals surface area contributed by atoms with Crippen LogP contribution < -0.4 is 5.32 Å². The van der Waals surface area contributed by atoms with E-state index in [2.05, 4.69) is 39.1 Å². The lowest BCUT2D eigenvalue weighted by atomic mass is 10.1. The van der Waals surface area contributed by atoms with Gasteiger partial charge in [-0.1, -0.05) is 39.3 Å². The van der Waals surface area contributed by atoms with Crippen molar-refractivity contribution in [2.45, 2.75) is 34.1 Å². The lowest BCUT2D eigenvalue weighted by Gasteiger charge is -2.06. The van der Waals surface area contributed by atoms with Gasteiger partial charge in [-0.2, -0.15) is 0 Å². The zero-order valence-corrected chi connectivity index (χ0v) is 8.28. The molecule has 0 aliphatic rings. The molecule has 1 heteroatoms. The molecule has 0 unspecified atom stereocenters. The summed E-state index contributed by atoms with van der Waals surface area (Å²) >= 11 is 0. The van der Waals surface area contributed by atoms with Crippen LogP contribution in [0, 0.1) is 5.92 Å². The third-order valence-corrected chi connectivity index (χ3v) is 1.63. The van der Waals surface area contributed by atoms with Gasteiger partial charge in [0.15, 0.2) is 0 Å². The van der Waals surface area contributed by atoms with E-state index in [-0.39, 0.29) is 0 Å². The molecule has 0 aromatic carbocycles. The Hall–Kier alpha value is -0.300. The Morgan fingerprint density at radius 1 is 1.36 bits per heavy atom. The Labute approximate surface area is 70.9 Å². The highest BCUT2D eigenvalue weighted by atomic mass is 14.8. The second kappa shape index (κ2) is 6.41. The molecule has 0 aromatic heterocycles. The summed E-state index contributed by atoms with van der Waals surface area (Å²) in [5, 5.41) is 3.34. The second-order valence-electron chi connectivity index (χ2n) is 3.20. The van der Waals surface area contributed by atoms with Gasteiger partial charge in [-0.15, -0.1) is 0 Å². The lowest BCUT2D eigenvalue weighted by Crippen LogP contribution is -2.16. The number of hydrogen-bond donors (Lipinski definition) is 1. The highest BCUT2D eigenvalue weighted by molar-refractivity contribution is 5.04. The fourth-order valence-electron chi connectivity index (χ4n) is 1.06. The molecule has 0 spiro atoms. The predicted octanol–water partition coefficient (Wildman–Crippen LogP) is 2.59. The van der Waals surface area contributed by atoms with Crippen LogP contribution in [-0.2, 0) is 0 Å². The Morgan fingerprint density at radius 3 is 2.36 bits per heavy atom. The lowest BCUT2D eigenvalue weighted by molar-refractivity contribution is 0.735. The summed E-state index contributed by atoms with van der Waals surface area (Å²) in [4.78, 5) is 0. The first-order valence-electron chi connectivity index (χ1n) is 4.61. The van der Waals surface area contributed by atoms with Gasteiger partial charge in [0.25, 0.3) is 0 Å². The van der Waals surface area contributed by atoms with Gasteiger partial charge in [0.2, 0.25) is 0 Å². The van der Waals surface area contributed by atoms with Crippen molar-refractivity contribution in [3.8, 4) is 0 Å². The van der Waals surface area contributed by atoms with Crippen LogP contribution in [0.15, 0.2) is 11.6 Å². The molecular formula is C10H21N. The molecule has 0 aliphatic heterocycles. The molecule has 0 heterocycles. The first kappa shape index (κ1) is 10.7. The van der Waals surface area contributed by atoms with Crippen LogP contribution >= 0.6 is 0 Å². The van der Waals surface area contributed by atoms with E-state index in [1.807, 2.05) is 0 Å². The number of rotatable bonds is 5. The molecule has 0 amide bonds. The van der Waals surface area contributed by atoms with Crippen LogP contribution in [0.5, 0.6) is 0 Å². The van der Waals surface area contributed by atoms with E-state index in [1.54, 1.807) is 0 Å². The zero-order valence-electron chi connectivity index (χ0n) is 8.28. The molecule has 0 saturated heterocycles. The maximum atomic E-state index is 3.34. The van der Waals surface area contributed by atoms with Gasteiger partial charge in [-0.05, 0) is 18.9 Å². The highest BCUT2D eigenvalue weighted by Gasteiger charge is 1.94. The largest absolute Gasteiger partial charge is 0.313 e. The molecule has 0 radical (unpaired) electrons. The molecule has 1 N–H and O–H groups in total. The van der Waals surface area contributed by atoms with E-state index < -0.39 is 0 Å². The number of hydrogen-bond acceptors (Lipinski definition) is 1. The minimum atomic E-state index is 0.684. The molecular weight excluding hydrogens is 134 g/mol. The van der Waals surface area contributed by atoms with E-state index >= 15 is 0 Å². The summed E-state index contributed by atoms with van der Waals surface area (Å²) < 4.78 is 0. The summed E-state index contributed by atoms with van der Waals surface area (Å²) in [6.45, 7) is 10.9. The van der Waals surface area contributed by atoms with Crippen molar-refractivity contribution >= 4 is 0 Å². The minimum absolute atomic E-state index is 0.684. The summed E-state index contributed by atoms with van der Waals surface area (Å²) in [7, 11) is 0. The molecule has 1 nitrogen and oxygen atoms in total. The quantitative estimate of drug-likeness (QED) is 0.602. The van der Waals surface area contributed by atoms with Gasteiger partial charge in [-0.3, -0.25) is 0 Å². The van der Waals surface area contributed by atoms with E-state index in [4.69, 9.17) is 0 Å². The fraction of sp³-hybridized carbons (Fsp3) is 0.800. The van der Waals surface area contributed by atoms with Crippen molar-refractivity contribution < 1.29 is 0 Å². The van der Waals surface area contributed by atoms with Crippen LogP contribution in [0.3, 0.4) is 0 Å². The maximum Gasteiger partial charge on any atom is 0.0164 e. The van der Waals surface area contributed by atoms with Crippen molar-refractivity contribution in [1.29, 1.82) is 0 Å². The minimum Gasteiger partial charge on any atom is -0.313 e. The van der Waals surface area contributed by atoms with Gasteiger partial charge in [-0.25, -0.2) is 0 Å². The molecule has 0 bridgehead atoms. The Bertz CT molecular complexity index is 114. The Balaban J connectivity index is 3.74. The summed E-state index contributed by atoms with van der Waals surface area (Å²) in [6.07, 6.45) is 3.52. The SMILES string of the molecule is CCNCC(=CC(C)C)CC. The van der Waals surface area contributed by atoms with Crippen LogP contribution in [0.1, 0.15) is 34.1 Å². The fourth-order valence-corrected chi connectivity index (χ4v) is 1.06. The van der Waals surface area contributed by atoms with Crippen molar-refractivity contribution in [2.75, 3.05) is 13.1 Å². The number of nitrogens with one attached hydrogen (secondary N) is 1. The van der Waals surface area contributed by atoms with Gasteiger partial charge in [0.05, 0.1) is 0 Å². The van der Waals surface area contributed by atoms with Crippen molar-refractivity contribution in [2.24, 2.45) is 5.92 Å². The standard InChI is InChI=1S/C10H21N/c1-5-10(7-9(3)4)8-11-6-2/h7,9,11H,5-6,8H2,1-4H3. The monoisotopic (exact) mass is 155 g/mol. The highest BCUT2D eigenvalue weighted by Crippen LogP contribution is 2.04. The summed E-state index contributed by atoms with van der Waals surface area (Å²) in [5.41, 5.74) is 1.53. The van der Waals surface area contributed by atoms with Crippen LogP contribution in [0.2, 0.25) is 0 Å². The molecule has 0 saturated carbocycles. The molecule has 0 aromatic rings. The first-order valence-corrected chi connectivity index (χ1v) is 4.61. The molecule has 66 valence electrons. The second-order valence-corrected chi connectivity index (χ2v) is 3.20. The van der Waals surface area contributed by atoms with Crippen LogP contribution in [0.25, 0.3) is 0 Å². The summed E-state index contributed by atoms with van der Waals surface area (Å²) in [5.74, 6) is 0.684. The summed E-state index contributed by atoms with van der Waals surface area (Å²) in [6, 6.07) is 0. The maximum absolute atomic E-state index is 3.34. The van der Waals surface area contributed by atoms with Gasteiger partial charge < -0.3 is 5.32 Å². The topological polar surface area (TPSA) is 12.0 Å². The van der Waals surface area contributed by atoms with Gasteiger partial charge in [0.1, 0.15) is 0 Å². The van der Waals surface area contributed by atoms with E-state index in [1.165, 1.54) is 12.0 Å². The van der Waals surface area contributed by atoms with E-state index in [0.717, 1.165) is 13.1 Å². The van der Waals surface area contributed by atoms with Crippen molar-refractivity contribution in [3.63, 3.8) is 0 Å².